The van der Waals surface area contributed by atoms with Gasteiger partial charge < -0.3 is 59.7 Å². The predicted molar refractivity (Wildman–Crippen MR) is 327 cm³/mol. The Morgan fingerprint density at radius 3 is 1.70 bits per heavy atom. The largest absolute Gasteiger partial charge is 0.495 e. The number of aromatic nitrogens is 2. The number of nitrogens with zero attached hydrogens (tertiary/aromatic N) is 6. The summed E-state index contributed by atoms with van der Waals surface area (Å²) in [6.07, 6.45) is -5.92. The molecule has 0 aliphatic carbocycles. The van der Waals surface area contributed by atoms with E-state index in [-0.39, 0.29) is 76.4 Å². The maximum Gasteiger partial charge on any atom is 0.406 e. The van der Waals surface area contributed by atoms with Crippen LogP contribution in [0.4, 0.5) is 49.1 Å². The summed E-state index contributed by atoms with van der Waals surface area (Å²) in [4.78, 5) is 6.35. The molecule has 3 aliphatic rings. The van der Waals surface area contributed by atoms with Crippen LogP contribution in [0.2, 0.25) is 0 Å². The highest BCUT2D eigenvalue weighted by Gasteiger charge is 2.33. The number of sulfonamides is 2. The minimum absolute atomic E-state index is 0.00309. The standard InChI is InChI=1S/C61H75F6N11O7S2/c1-42(72-86(80,81)48-13-15-53(58(38-48)84-4)68-21-7-9-46-36-50-52(70-45-19-25-75(26-20-45)31-32-79)11-6-12-56(50)77(46)40-60(62,63)64)33-43-34-55(71-44-17-23-73(2)24-18-44)51-37-47(78(57(51)35-43)41-61(65,66)67)10-8-22-69-54-16-14-49(39-59(54)85-5)87(82,83)76-29-27-74(3)28-30-76/h6,11-16,34-39,42,44-45,68-72,79H,17-33,40-41H2,1-5H3. The lowest BCUT2D eigenvalue weighted by Gasteiger charge is -2.32. The van der Waals surface area contributed by atoms with Gasteiger partial charge in [-0.05, 0) is 144 Å². The molecule has 6 aromatic rings. The Hall–Kier alpha value is -6.88. The van der Waals surface area contributed by atoms with Gasteiger partial charge >= 0.3 is 12.4 Å². The molecule has 0 spiro atoms. The molecule has 1 unspecified atom stereocenters. The highest BCUT2D eigenvalue weighted by atomic mass is 32.2. The van der Waals surface area contributed by atoms with Crippen molar-refractivity contribution in [2.24, 2.45) is 0 Å². The number of likely N-dealkylation sites (tertiary alicyclic amines) is 2. The summed E-state index contributed by atoms with van der Waals surface area (Å²) in [7, 11) is -1.31. The molecule has 0 bridgehead atoms. The predicted octanol–water partition coefficient (Wildman–Crippen LogP) is 7.89. The summed E-state index contributed by atoms with van der Waals surface area (Å²) < 4.78 is 158. The van der Waals surface area contributed by atoms with E-state index in [0.717, 1.165) is 61.0 Å². The number of rotatable bonds is 21. The zero-order valence-corrected chi connectivity index (χ0v) is 51.0. The molecule has 4 aromatic carbocycles. The van der Waals surface area contributed by atoms with E-state index < -0.39 is 51.5 Å². The van der Waals surface area contributed by atoms with Crippen LogP contribution < -0.4 is 35.5 Å². The van der Waals surface area contributed by atoms with Crippen molar-refractivity contribution in [1.82, 2.24) is 32.9 Å². The average Bonchev–Trinajstić information content (AvgIpc) is 2.01. The SMILES string of the molecule is COc1cc(S(=O)(=O)NC(C)Cc2cc(NC3CCN(C)CC3)c3cc(C#CCNc4ccc(S(=O)(=O)N5CCN(C)CC5)cc4OC)n(CC(F)(F)F)c3c2)ccc1NCC#Cc1cc2c(NC3CCN(CCO)CC3)cccc2n1CC(F)(F)F. The number of aliphatic hydroxyl groups excluding tert-OH is 1. The number of alkyl halides is 6. The topological polar surface area (TPSA) is 190 Å². The Morgan fingerprint density at radius 2 is 1.14 bits per heavy atom. The van der Waals surface area contributed by atoms with Gasteiger partial charge in [-0.2, -0.15) is 30.6 Å². The summed E-state index contributed by atoms with van der Waals surface area (Å²) in [5.41, 5.74) is 3.51. The summed E-state index contributed by atoms with van der Waals surface area (Å²) in [5, 5.41) is 23.8. The number of hydrogen-bond donors (Lipinski definition) is 6. The first-order chi connectivity index (χ1) is 41.4. The molecule has 26 heteroatoms. The first-order valence-electron chi connectivity index (χ1n) is 28.9. The summed E-state index contributed by atoms with van der Waals surface area (Å²) >= 11 is 0. The van der Waals surface area contributed by atoms with Gasteiger partial charge in [0.15, 0.2) is 0 Å². The van der Waals surface area contributed by atoms with E-state index in [1.165, 1.54) is 48.9 Å². The fourth-order valence-electron chi connectivity index (χ4n) is 11.4. The zero-order chi connectivity index (χ0) is 62.3. The number of β-amino-alcohol motifs (C(OH)–C–C–N with tert-alkyl or cyclic N) is 1. The second kappa shape index (κ2) is 27.7. The summed E-state index contributed by atoms with van der Waals surface area (Å²) in [5.74, 6) is 12.1. The number of benzene rings is 4. The van der Waals surface area contributed by atoms with Gasteiger partial charge in [-0.3, -0.25) is 0 Å². The van der Waals surface area contributed by atoms with Crippen LogP contribution in [-0.4, -0.2) is 187 Å². The number of anilines is 4. The van der Waals surface area contributed by atoms with Crippen LogP contribution in [0.5, 0.6) is 11.5 Å². The van der Waals surface area contributed by atoms with Crippen molar-refractivity contribution in [3.8, 4) is 35.2 Å². The fourth-order valence-corrected chi connectivity index (χ4v) is 14.1. The van der Waals surface area contributed by atoms with Crippen LogP contribution in [-0.2, 0) is 39.6 Å². The average molecular weight is 1250 g/mol. The van der Waals surface area contributed by atoms with Gasteiger partial charge in [0.25, 0.3) is 0 Å². The molecule has 0 radical (unpaired) electrons. The molecule has 3 saturated heterocycles. The summed E-state index contributed by atoms with van der Waals surface area (Å²) in [6, 6.07) is 19.9. The maximum atomic E-state index is 14.5. The molecule has 1 atom stereocenters. The quantitative estimate of drug-likeness (QED) is 0.0302. The normalized spacial score (nSPS) is 16.9. The van der Waals surface area contributed by atoms with Crippen molar-refractivity contribution >= 4 is 64.6 Å². The lowest BCUT2D eigenvalue weighted by molar-refractivity contribution is -0.140. The molecule has 18 nitrogen and oxygen atoms in total. The highest BCUT2D eigenvalue weighted by Crippen LogP contribution is 2.36. The van der Waals surface area contributed by atoms with Crippen molar-refractivity contribution in [1.29, 1.82) is 0 Å². The van der Waals surface area contributed by atoms with Gasteiger partial charge in [0.2, 0.25) is 20.0 Å². The van der Waals surface area contributed by atoms with E-state index >= 15 is 0 Å². The minimum atomic E-state index is -4.65. The highest BCUT2D eigenvalue weighted by molar-refractivity contribution is 7.89. The van der Waals surface area contributed by atoms with Crippen molar-refractivity contribution in [3.05, 3.63) is 95.8 Å². The van der Waals surface area contributed by atoms with E-state index in [4.69, 9.17) is 9.47 Å². The van der Waals surface area contributed by atoms with Crippen molar-refractivity contribution in [2.45, 2.75) is 92.4 Å². The molecule has 5 heterocycles. The first-order valence-corrected chi connectivity index (χ1v) is 31.8. The number of piperazine rings is 1. The fraction of sp³-hybridized carbons (Fsp3) is 0.475. The first kappa shape index (κ1) is 64.6. The smallest absolute Gasteiger partial charge is 0.406 e. The number of ether oxygens (including phenoxy) is 2. The monoisotopic (exact) mass is 1250 g/mol. The van der Waals surface area contributed by atoms with Crippen molar-refractivity contribution in [2.75, 3.05) is 128 Å². The lowest BCUT2D eigenvalue weighted by Crippen LogP contribution is -2.47. The molecular weight excluding hydrogens is 1180 g/mol. The maximum absolute atomic E-state index is 14.5. The van der Waals surface area contributed by atoms with Crippen LogP contribution in [0, 0.1) is 23.7 Å². The van der Waals surface area contributed by atoms with Gasteiger partial charge in [-0.25, -0.2) is 21.6 Å². The lowest BCUT2D eigenvalue weighted by atomic mass is 10.0. The Bertz CT molecular complexity index is 3750. The molecule has 2 aromatic heterocycles. The Labute approximate surface area is 504 Å². The molecule has 6 N–H and O–H groups in total. The molecule has 3 fully saturated rings. The van der Waals surface area contributed by atoms with Gasteiger partial charge in [-0.1, -0.05) is 17.9 Å². The van der Waals surface area contributed by atoms with Gasteiger partial charge in [0.05, 0.1) is 77.5 Å². The Morgan fingerprint density at radius 1 is 0.621 bits per heavy atom. The minimum Gasteiger partial charge on any atom is -0.495 e. The number of halogens is 6. The zero-order valence-electron chi connectivity index (χ0n) is 49.3. The second-order valence-corrected chi connectivity index (χ2v) is 26.1. The number of nitrogens with one attached hydrogen (secondary N) is 5. The molecule has 470 valence electrons. The molecule has 87 heavy (non-hydrogen) atoms. The summed E-state index contributed by atoms with van der Waals surface area (Å²) in [6.45, 7) is 4.73. The van der Waals surface area contributed by atoms with E-state index in [9.17, 15) is 48.3 Å². The third-order valence-electron chi connectivity index (χ3n) is 16.0. The van der Waals surface area contributed by atoms with Crippen molar-refractivity contribution < 1.29 is 57.8 Å². The number of fused-ring (bicyclic) bond motifs is 2. The molecule has 3 aliphatic heterocycles. The number of hydrogen-bond acceptors (Lipinski definition) is 14. The molecule has 0 amide bonds. The number of methoxy groups -OCH3 is 2. The second-order valence-electron chi connectivity index (χ2n) is 22.5. The van der Waals surface area contributed by atoms with E-state index in [1.54, 1.807) is 43.3 Å². The Balaban J connectivity index is 0.906. The van der Waals surface area contributed by atoms with Crippen molar-refractivity contribution in [3.63, 3.8) is 0 Å². The van der Waals surface area contributed by atoms with E-state index in [1.807, 2.05) is 26.2 Å². The van der Waals surface area contributed by atoms with E-state index in [0.29, 0.717) is 77.3 Å². The van der Waals surface area contributed by atoms with Crippen LogP contribution in [0.3, 0.4) is 0 Å². The Kier molecular flexibility index (Phi) is 20.5. The third-order valence-corrected chi connectivity index (χ3v) is 19.4. The van der Waals surface area contributed by atoms with Gasteiger partial charge in [-0.15, -0.1) is 0 Å². The third kappa shape index (κ3) is 16.5. The molecule has 0 saturated carbocycles. The molecule has 9 rings (SSSR count). The van der Waals surface area contributed by atoms with Gasteiger partial charge in [0, 0.05) is 98.2 Å². The number of piperidine rings is 2. The van der Waals surface area contributed by atoms with E-state index in [2.05, 4.69) is 64.4 Å². The number of aliphatic hydroxyl groups is 1. The number of likely N-dealkylation sites (N-methyl/N-ethyl adjacent to an activating group) is 1. The van der Waals surface area contributed by atoms with Crippen LogP contribution >= 0.6 is 0 Å². The van der Waals surface area contributed by atoms with Crippen LogP contribution in [0.1, 0.15) is 49.6 Å². The van der Waals surface area contributed by atoms with Crippen LogP contribution in [0.15, 0.2) is 88.7 Å². The van der Waals surface area contributed by atoms with Gasteiger partial charge in [0.1, 0.15) is 24.6 Å². The molecular formula is C61H75F6N11O7S2. The van der Waals surface area contributed by atoms with Crippen LogP contribution in [0.25, 0.3) is 21.8 Å².